The van der Waals surface area contributed by atoms with Gasteiger partial charge in [-0.15, -0.1) is 0 Å². The summed E-state index contributed by atoms with van der Waals surface area (Å²) in [7, 11) is 0. The van der Waals surface area contributed by atoms with Crippen molar-refractivity contribution in [3.63, 3.8) is 0 Å². The van der Waals surface area contributed by atoms with Gasteiger partial charge in [-0.2, -0.15) is 0 Å². The number of hydrogen-bond donors (Lipinski definition) is 0. The van der Waals surface area contributed by atoms with Crippen LogP contribution in [0.15, 0.2) is 167 Å². The zero-order valence-corrected chi connectivity index (χ0v) is 27.6. The molecule has 0 N–H and O–H groups in total. The van der Waals surface area contributed by atoms with Gasteiger partial charge in [0.1, 0.15) is 22.3 Å². The summed E-state index contributed by atoms with van der Waals surface area (Å²) in [4.78, 5) is 20.2. The molecular weight excluding hydrogens is 641 g/mol. The zero-order valence-electron chi connectivity index (χ0n) is 27.6. The standard InChI is InChI=1S/C46H26N4O2/c1-2-10-27(11-3-1)44-48-45(50-46(49-44)35-17-9-19-38-41(35)34-15-6-7-18-37(34)51-38)33-16-8-14-30-24-31(20-21-32(30)33)43-42-36-25-28-12-4-5-13-29(28)26-40(36)52-39(42)22-23-47-43/h1-26H. The van der Waals surface area contributed by atoms with Crippen LogP contribution in [0.4, 0.5) is 0 Å². The zero-order chi connectivity index (χ0) is 34.2. The first-order valence-electron chi connectivity index (χ1n) is 17.2. The maximum Gasteiger partial charge on any atom is 0.164 e. The second-order valence-electron chi connectivity index (χ2n) is 13.0. The van der Waals surface area contributed by atoms with Crippen LogP contribution < -0.4 is 0 Å². The Morgan fingerprint density at radius 2 is 1.04 bits per heavy atom. The second-order valence-corrected chi connectivity index (χ2v) is 13.0. The van der Waals surface area contributed by atoms with Gasteiger partial charge in [-0.05, 0) is 57.9 Å². The molecule has 0 atom stereocenters. The fraction of sp³-hybridized carbons (Fsp3) is 0. The lowest BCUT2D eigenvalue weighted by atomic mass is 9.98. The first-order valence-corrected chi connectivity index (χ1v) is 17.2. The fourth-order valence-electron chi connectivity index (χ4n) is 7.55. The summed E-state index contributed by atoms with van der Waals surface area (Å²) >= 11 is 0. The van der Waals surface area contributed by atoms with Gasteiger partial charge >= 0.3 is 0 Å². The van der Waals surface area contributed by atoms with Crippen LogP contribution >= 0.6 is 0 Å². The Bertz CT molecular complexity index is 3200. The summed E-state index contributed by atoms with van der Waals surface area (Å²) < 4.78 is 12.6. The fourth-order valence-corrected chi connectivity index (χ4v) is 7.55. The maximum absolute atomic E-state index is 6.36. The van der Waals surface area contributed by atoms with Gasteiger partial charge in [-0.1, -0.05) is 115 Å². The lowest BCUT2D eigenvalue weighted by molar-refractivity contribution is 0.668. The third-order valence-electron chi connectivity index (χ3n) is 9.96. The first-order chi connectivity index (χ1) is 25.7. The van der Waals surface area contributed by atoms with E-state index in [-0.39, 0.29) is 0 Å². The van der Waals surface area contributed by atoms with Crippen LogP contribution in [0.25, 0.3) is 111 Å². The molecule has 0 aliphatic heterocycles. The van der Waals surface area contributed by atoms with Gasteiger partial charge < -0.3 is 8.83 Å². The Morgan fingerprint density at radius 3 is 1.94 bits per heavy atom. The molecule has 4 heterocycles. The van der Waals surface area contributed by atoms with Crippen molar-refractivity contribution in [2.24, 2.45) is 0 Å². The predicted octanol–water partition coefficient (Wildman–Crippen LogP) is 12.0. The Morgan fingerprint density at radius 1 is 0.365 bits per heavy atom. The van der Waals surface area contributed by atoms with Crippen molar-refractivity contribution >= 4 is 65.4 Å². The van der Waals surface area contributed by atoms with E-state index in [1.807, 2.05) is 72.9 Å². The lowest BCUT2D eigenvalue weighted by Gasteiger charge is -2.12. The maximum atomic E-state index is 6.36. The molecule has 0 saturated carbocycles. The van der Waals surface area contributed by atoms with Crippen LogP contribution in [-0.2, 0) is 0 Å². The Balaban J connectivity index is 1.10. The molecule has 0 unspecified atom stereocenters. The van der Waals surface area contributed by atoms with Gasteiger partial charge in [0, 0.05) is 44.6 Å². The summed E-state index contributed by atoms with van der Waals surface area (Å²) in [5, 5.41) is 8.47. The van der Waals surface area contributed by atoms with Crippen molar-refractivity contribution in [2.75, 3.05) is 0 Å². The average Bonchev–Trinajstić information content (AvgIpc) is 3.77. The molecule has 0 aliphatic rings. The Labute approximate surface area is 296 Å². The minimum atomic E-state index is 0.588. The number of fused-ring (bicyclic) bond motifs is 8. The molecule has 0 aliphatic carbocycles. The molecule has 52 heavy (non-hydrogen) atoms. The summed E-state index contributed by atoms with van der Waals surface area (Å²) in [5.74, 6) is 1.79. The molecule has 0 bridgehead atoms. The monoisotopic (exact) mass is 666 g/mol. The van der Waals surface area contributed by atoms with E-state index < -0.39 is 0 Å². The molecular formula is C46H26N4O2. The SMILES string of the molecule is c1ccc(-c2nc(-c3cccc4cc(-c5nccc6oc7cc8ccccc8cc7c56)ccc34)nc(-c3cccc4oc5ccccc5c34)n2)cc1. The van der Waals surface area contributed by atoms with Crippen LogP contribution in [0.3, 0.4) is 0 Å². The van der Waals surface area contributed by atoms with Crippen molar-refractivity contribution in [2.45, 2.75) is 0 Å². The largest absolute Gasteiger partial charge is 0.456 e. The van der Waals surface area contributed by atoms with E-state index in [4.69, 9.17) is 28.8 Å². The molecule has 0 fully saturated rings. The van der Waals surface area contributed by atoms with E-state index in [1.54, 1.807) is 0 Å². The molecule has 7 aromatic carbocycles. The highest BCUT2D eigenvalue weighted by molar-refractivity contribution is 6.15. The molecule has 0 saturated heterocycles. The highest BCUT2D eigenvalue weighted by atomic mass is 16.3. The molecule has 0 spiro atoms. The predicted molar refractivity (Wildman–Crippen MR) is 209 cm³/mol. The molecule has 0 amide bonds. The molecule has 0 radical (unpaired) electrons. The number of para-hydroxylation sites is 1. The van der Waals surface area contributed by atoms with E-state index in [9.17, 15) is 0 Å². The van der Waals surface area contributed by atoms with Crippen molar-refractivity contribution < 1.29 is 8.83 Å². The minimum Gasteiger partial charge on any atom is -0.456 e. The summed E-state index contributed by atoms with van der Waals surface area (Å²) in [6, 6.07) is 51.5. The molecule has 4 aromatic heterocycles. The molecule has 242 valence electrons. The van der Waals surface area contributed by atoms with E-state index >= 15 is 0 Å². The van der Waals surface area contributed by atoms with Gasteiger partial charge in [-0.3, -0.25) is 4.98 Å². The van der Waals surface area contributed by atoms with Crippen molar-refractivity contribution in [1.29, 1.82) is 0 Å². The van der Waals surface area contributed by atoms with E-state index in [0.29, 0.717) is 17.5 Å². The van der Waals surface area contributed by atoms with Gasteiger partial charge in [0.15, 0.2) is 17.5 Å². The lowest BCUT2D eigenvalue weighted by Crippen LogP contribution is -2.00. The Kier molecular flexibility index (Phi) is 6.15. The summed E-state index contributed by atoms with van der Waals surface area (Å²) in [6.45, 7) is 0. The van der Waals surface area contributed by atoms with Crippen molar-refractivity contribution in [3.05, 3.63) is 158 Å². The minimum absolute atomic E-state index is 0.588. The number of nitrogens with zero attached hydrogens (tertiary/aromatic N) is 4. The number of hydrogen-bond acceptors (Lipinski definition) is 6. The average molecular weight is 667 g/mol. The number of rotatable bonds is 4. The van der Waals surface area contributed by atoms with Crippen molar-refractivity contribution in [1.82, 2.24) is 19.9 Å². The Hall–Kier alpha value is -7.18. The third-order valence-corrected chi connectivity index (χ3v) is 9.96. The van der Waals surface area contributed by atoms with E-state index in [2.05, 4.69) is 84.9 Å². The van der Waals surface area contributed by atoms with Gasteiger partial charge in [0.05, 0.1) is 11.1 Å². The van der Waals surface area contributed by atoms with Gasteiger partial charge in [-0.25, -0.2) is 15.0 Å². The third kappa shape index (κ3) is 4.44. The normalized spacial score (nSPS) is 11.8. The topological polar surface area (TPSA) is 77.8 Å². The van der Waals surface area contributed by atoms with Crippen LogP contribution in [0.2, 0.25) is 0 Å². The molecule has 11 rings (SSSR count). The summed E-state index contributed by atoms with van der Waals surface area (Å²) in [6.07, 6.45) is 1.82. The van der Waals surface area contributed by atoms with Gasteiger partial charge in [0.25, 0.3) is 0 Å². The van der Waals surface area contributed by atoms with Crippen LogP contribution in [-0.4, -0.2) is 19.9 Å². The second kappa shape index (κ2) is 11.2. The number of furan rings is 2. The highest BCUT2D eigenvalue weighted by Crippen LogP contribution is 2.40. The molecule has 6 heteroatoms. The smallest absolute Gasteiger partial charge is 0.164 e. The molecule has 11 aromatic rings. The van der Waals surface area contributed by atoms with Crippen molar-refractivity contribution in [3.8, 4) is 45.4 Å². The quantitative estimate of drug-likeness (QED) is 0.186. The first kappa shape index (κ1) is 28.6. The van der Waals surface area contributed by atoms with E-state index in [0.717, 1.165) is 88.0 Å². The van der Waals surface area contributed by atoms with Crippen LogP contribution in [0, 0.1) is 0 Å². The molecule has 6 nitrogen and oxygen atoms in total. The highest BCUT2D eigenvalue weighted by Gasteiger charge is 2.20. The number of benzene rings is 7. The number of pyridine rings is 1. The van der Waals surface area contributed by atoms with E-state index in [1.165, 1.54) is 5.39 Å². The van der Waals surface area contributed by atoms with Crippen LogP contribution in [0.5, 0.6) is 0 Å². The number of aromatic nitrogens is 4. The summed E-state index contributed by atoms with van der Waals surface area (Å²) in [5.41, 5.74) is 7.90. The van der Waals surface area contributed by atoms with Crippen LogP contribution in [0.1, 0.15) is 0 Å². The van der Waals surface area contributed by atoms with Gasteiger partial charge in [0.2, 0.25) is 0 Å².